The Bertz CT molecular complexity index is 113. The van der Waals surface area contributed by atoms with E-state index in [0.717, 1.165) is 18.9 Å². The molecule has 1 unspecified atom stereocenters. The summed E-state index contributed by atoms with van der Waals surface area (Å²) in [6.45, 7) is 4.50. The van der Waals surface area contributed by atoms with E-state index in [-0.39, 0.29) is 0 Å². The van der Waals surface area contributed by atoms with Crippen LogP contribution in [0.5, 0.6) is 0 Å². The fraction of sp³-hybridized carbons (Fsp3) is 1.00. The van der Waals surface area contributed by atoms with Crippen LogP contribution in [0.15, 0.2) is 0 Å². The fourth-order valence-corrected chi connectivity index (χ4v) is 1.35. The largest absolute Gasteiger partial charge is 0.328 e. The summed E-state index contributed by atoms with van der Waals surface area (Å²) >= 11 is 0. The van der Waals surface area contributed by atoms with Crippen LogP contribution < -0.4 is 5.73 Å². The molecule has 0 aliphatic heterocycles. The monoisotopic (exact) mass is 170 g/mol. The molecule has 0 amide bonds. The Morgan fingerprint density at radius 3 is 2.58 bits per heavy atom. The van der Waals surface area contributed by atoms with E-state index in [1.54, 1.807) is 0 Å². The van der Waals surface area contributed by atoms with Crippen molar-refractivity contribution in [1.29, 1.82) is 0 Å². The number of hydrogen-bond acceptors (Lipinski definition) is 2. The summed E-state index contributed by atoms with van der Waals surface area (Å²) in [5, 5.41) is 0. The molecular weight excluding hydrogens is 148 g/mol. The highest BCUT2D eigenvalue weighted by molar-refractivity contribution is 4.74. The highest BCUT2D eigenvalue weighted by atomic mass is 15.1. The summed E-state index contributed by atoms with van der Waals surface area (Å²) in [5.74, 6) is 1.06. The molecule has 1 aliphatic rings. The second-order valence-corrected chi connectivity index (χ2v) is 4.30. The zero-order valence-electron chi connectivity index (χ0n) is 8.42. The van der Waals surface area contributed by atoms with E-state index in [9.17, 15) is 0 Å². The molecule has 1 atom stereocenters. The highest BCUT2D eigenvalue weighted by Crippen LogP contribution is 2.32. The van der Waals surface area contributed by atoms with Crippen molar-refractivity contribution in [1.82, 2.24) is 4.90 Å². The molecule has 0 spiro atoms. The van der Waals surface area contributed by atoms with E-state index < -0.39 is 0 Å². The maximum absolute atomic E-state index is 5.68. The van der Waals surface area contributed by atoms with E-state index in [2.05, 4.69) is 18.9 Å². The van der Waals surface area contributed by atoms with Gasteiger partial charge in [-0.1, -0.05) is 12.8 Å². The number of nitrogens with two attached hydrogens (primary N) is 1. The SMILES string of the molecule is CC(N)CCN(C)CCC1CC1. The minimum absolute atomic E-state index is 0.355. The summed E-state index contributed by atoms with van der Waals surface area (Å²) in [6, 6.07) is 0.355. The summed E-state index contributed by atoms with van der Waals surface area (Å²) in [5.41, 5.74) is 5.68. The van der Waals surface area contributed by atoms with Crippen LogP contribution in [0.25, 0.3) is 0 Å². The maximum atomic E-state index is 5.68. The third-order valence-corrected chi connectivity index (χ3v) is 2.58. The lowest BCUT2D eigenvalue weighted by Crippen LogP contribution is -2.27. The van der Waals surface area contributed by atoms with E-state index in [1.807, 2.05) is 0 Å². The second kappa shape index (κ2) is 4.83. The summed E-state index contributed by atoms with van der Waals surface area (Å²) in [7, 11) is 2.20. The lowest BCUT2D eigenvalue weighted by molar-refractivity contribution is 0.310. The van der Waals surface area contributed by atoms with Crippen LogP contribution in [0.3, 0.4) is 0 Å². The van der Waals surface area contributed by atoms with E-state index in [0.29, 0.717) is 6.04 Å². The Labute approximate surface area is 76.1 Å². The van der Waals surface area contributed by atoms with Gasteiger partial charge in [0.2, 0.25) is 0 Å². The molecule has 0 radical (unpaired) electrons. The third kappa shape index (κ3) is 4.73. The molecule has 0 saturated heterocycles. The summed E-state index contributed by atoms with van der Waals surface area (Å²) in [4.78, 5) is 2.40. The van der Waals surface area contributed by atoms with Crippen LogP contribution in [0, 0.1) is 5.92 Å². The molecule has 2 heteroatoms. The molecule has 2 N–H and O–H groups in total. The molecule has 0 aromatic heterocycles. The van der Waals surface area contributed by atoms with Crippen LogP contribution in [0.1, 0.15) is 32.6 Å². The van der Waals surface area contributed by atoms with Gasteiger partial charge in [-0.3, -0.25) is 0 Å². The van der Waals surface area contributed by atoms with Gasteiger partial charge < -0.3 is 10.6 Å². The Hall–Kier alpha value is -0.0800. The van der Waals surface area contributed by atoms with E-state index in [4.69, 9.17) is 5.73 Å². The molecule has 1 fully saturated rings. The van der Waals surface area contributed by atoms with Crippen molar-refractivity contribution in [3.8, 4) is 0 Å². The first kappa shape index (κ1) is 10.0. The van der Waals surface area contributed by atoms with Crippen LogP contribution in [-0.4, -0.2) is 31.1 Å². The maximum Gasteiger partial charge on any atom is 0.00226 e. The smallest absolute Gasteiger partial charge is 0.00226 e. The van der Waals surface area contributed by atoms with Gasteiger partial charge in [-0.2, -0.15) is 0 Å². The first-order valence-electron chi connectivity index (χ1n) is 5.12. The van der Waals surface area contributed by atoms with Gasteiger partial charge in [0.1, 0.15) is 0 Å². The average molecular weight is 170 g/mol. The molecule has 1 saturated carbocycles. The quantitative estimate of drug-likeness (QED) is 0.654. The van der Waals surface area contributed by atoms with E-state index >= 15 is 0 Å². The average Bonchev–Trinajstić information content (AvgIpc) is 2.80. The lowest BCUT2D eigenvalue weighted by Gasteiger charge is -2.17. The zero-order valence-corrected chi connectivity index (χ0v) is 8.42. The van der Waals surface area contributed by atoms with Gasteiger partial charge in [0, 0.05) is 6.04 Å². The van der Waals surface area contributed by atoms with Crippen LogP contribution in [0.4, 0.5) is 0 Å². The fourth-order valence-electron chi connectivity index (χ4n) is 1.35. The molecule has 72 valence electrons. The van der Waals surface area contributed by atoms with Crippen molar-refractivity contribution in [3.05, 3.63) is 0 Å². The predicted molar refractivity (Wildman–Crippen MR) is 53.1 cm³/mol. The molecule has 12 heavy (non-hydrogen) atoms. The van der Waals surface area contributed by atoms with Gasteiger partial charge in [-0.25, -0.2) is 0 Å². The minimum atomic E-state index is 0.355. The first-order valence-corrected chi connectivity index (χ1v) is 5.12. The Balaban J connectivity index is 1.91. The third-order valence-electron chi connectivity index (χ3n) is 2.58. The first-order chi connectivity index (χ1) is 5.68. The molecule has 1 aliphatic carbocycles. The Morgan fingerprint density at radius 2 is 2.08 bits per heavy atom. The van der Waals surface area contributed by atoms with Crippen LogP contribution in [-0.2, 0) is 0 Å². The molecule has 0 aromatic carbocycles. The highest BCUT2D eigenvalue weighted by Gasteiger charge is 2.20. The standard InChI is InChI=1S/C10H22N2/c1-9(11)5-7-12(2)8-6-10-3-4-10/h9-10H,3-8,11H2,1-2H3. The number of rotatable bonds is 6. The van der Waals surface area contributed by atoms with Crippen molar-refractivity contribution < 1.29 is 0 Å². The van der Waals surface area contributed by atoms with Gasteiger partial charge in [-0.05, 0) is 45.8 Å². The normalized spacial score (nSPS) is 20.0. The predicted octanol–water partition coefficient (Wildman–Crippen LogP) is 1.46. The Kier molecular flexibility index (Phi) is 4.02. The minimum Gasteiger partial charge on any atom is -0.328 e. The van der Waals surface area contributed by atoms with Crippen molar-refractivity contribution in [2.24, 2.45) is 11.7 Å². The van der Waals surface area contributed by atoms with Crippen LogP contribution >= 0.6 is 0 Å². The van der Waals surface area contributed by atoms with Crippen molar-refractivity contribution in [2.45, 2.75) is 38.6 Å². The Morgan fingerprint density at radius 1 is 1.42 bits per heavy atom. The topological polar surface area (TPSA) is 29.3 Å². The van der Waals surface area contributed by atoms with Crippen molar-refractivity contribution in [2.75, 3.05) is 20.1 Å². The lowest BCUT2D eigenvalue weighted by atomic mass is 10.2. The zero-order chi connectivity index (χ0) is 8.97. The van der Waals surface area contributed by atoms with Gasteiger partial charge in [-0.15, -0.1) is 0 Å². The molecule has 0 bridgehead atoms. The van der Waals surface area contributed by atoms with Gasteiger partial charge in [0.05, 0.1) is 0 Å². The molecule has 1 rings (SSSR count). The van der Waals surface area contributed by atoms with E-state index in [1.165, 1.54) is 25.8 Å². The van der Waals surface area contributed by atoms with Gasteiger partial charge >= 0.3 is 0 Å². The molecule has 0 heterocycles. The second-order valence-electron chi connectivity index (χ2n) is 4.30. The summed E-state index contributed by atoms with van der Waals surface area (Å²) < 4.78 is 0. The molecular formula is C10H22N2. The van der Waals surface area contributed by atoms with Gasteiger partial charge in [0.15, 0.2) is 0 Å². The number of hydrogen-bond donors (Lipinski definition) is 1. The molecule has 2 nitrogen and oxygen atoms in total. The molecule has 0 aromatic rings. The van der Waals surface area contributed by atoms with Crippen molar-refractivity contribution >= 4 is 0 Å². The van der Waals surface area contributed by atoms with Crippen molar-refractivity contribution in [3.63, 3.8) is 0 Å². The van der Waals surface area contributed by atoms with Gasteiger partial charge in [0.25, 0.3) is 0 Å². The summed E-state index contributed by atoms with van der Waals surface area (Å²) in [6.07, 6.45) is 5.47. The number of nitrogens with zero attached hydrogens (tertiary/aromatic N) is 1. The van der Waals surface area contributed by atoms with Crippen LogP contribution in [0.2, 0.25) is 0 Å².